The molecular weight excluding hydrogens is 595 g/mol. The number of unbranched alkanes of at least 4 members (excludes halogenated alkanes) is 3. The molecule has 1 aromatic heterocycles. The standard InChI is InChI=1S/C21H20ClN2O.3C4H9.Sn/c1-4-13(2)18-14-9-5-6-10-15(14)19(24-20(18)21(25)23-3)16-11-7-8-12-17(16)22;3*1-3-4-2;/h5-6,8-13H,4H2,1-3H3,(H,23,25);3*1,3-4H2,2H3;/t13-;;;;/m0..../s1. The van der Waals surface area contributed by atoms with Crippen LogP contribution in [0.3, 0.4) is 0 Å². The van der Waals surface area contributed by atoms with Crippen molar-refractivity contribution in [1.82, 2.24) is 10.3 Å². The van der Waals surface area contributed by atoms with Gasteiger partial charge >= 0.3 is 241 Å². The van der Waals surface area contributed by atoms with Gasteiger partial charge in [-0.15, -0.1) is 0 Å². The van der Waals surface area contributed by atoms with Crippen molar-refractivity contribution in [3.8, 4) is 11.3 Å². The monoisotopic (exact) mass is 642 g/mol. The van der Waals surface area contributed by atoms with Gasteiger partial charge < -0.3 is 0 Å². The van der Waals surface area contributed by atoms with Gasteiger partial charge in [0.2, 0.25) is 0 Å². The molecule has 3 rings (SSSR count). The molecule has 0 unspecified atom stereocenters. The molecule has 0 fully saturated rings. The van der Waals surface area contributed by atoms with Gasteiger partial charge in [-0.3, -0.25) is 0 Å². The molecule has 1 heterocycles. The summed E-state index contributed by atoms with van der Waals surface area (Å²) in [6.45, 7) is 11.3. The van der Waals surface area contributed by atoms with Crippen molar-refractivity contribution in [3.05, 3.63) is 58.7 Å². The Balaban J connectivity index is 2.33. The van der Waals surface area contributed by atoms with Crippen molar-refractivity contribution in [2.45, 2.75) is 98.8 Å². The van der Waals surface area contributed by atoms with Crippen molar-refractivity contribution in [1.29, 1.82) is 0 Å². The summed E-state index contributed by atoms with van der Waals surface area (Å²) in [4.78, 5) is 18.3. The first kappa shape index (κ1) is 30.9. The maximum absolute atomic E-state index is 13.2. The van der Waals surface area contributed by atoms with E-state index in [9.17, 15) is 4.79 Å². The molecule has 0 aliphatic carbocycles. The first-order valence-corrected chi connectivity index (χ1v) is 22.7. The quantitative estimate of drug-likeness (QED) is 0.178. The zero-order valence-electron chi connectivity index (χ0n) is 24.4. The zero-order valence-corrected chi connectivity index (χ0v) is 28.0. The van der Waals surface area contributed by atoms with E-state index in [1.54, 1.807) is 10.6 Å². The van der Waals surface area contributed by atoms with Crippen LogP contribution in [0.5, 0.6) is 0 Å². The molecule has 3 aromatic rings. The van der Waals surface area contributed by atoms with Crippen LogP contribution in [-0.4, -0.2) is 36.3 Å². The van der Waals surface area contributed by atoms with Crippen LogP contribution >= 0.6 is 11.6 Å². The van der Waals surface area contributed by atoms with Crippen LogP contribution in [0.4, 0.5) is 0 Å². The number of carbonyl (C=O) groups is 1. The fourth-order valence-electron chi connectivity index (χ4n) is 5.87. The molecule has 0 radical (unpaired) electrons. The van der Waals surface area contributed by atoms with Crippen molar-refractivity contribution >= 4 is 50.2 Å². The Bertz CT molecular complexity index is 1200. The van der Waals surface area contributed by atoms with E-state index < -0.39 is 18.4 Å². The molecule has 1 amide bonds. The van der Waals surface area contributed by atoms with Crippen molar-refractivity contribution in [2.24, 2.45) is 0 Å². The molecule has 0 saturated carbocycles. The van der Waals surface area contributed by atoms with Gasteiger partial charge in [-0.1, -0.05) is 0 Å². The number of benzene rings is 2. The number of hydrogen-bond acceptors (Lipinski definition) is 2. The summed E-state index contributed by atoms with van der Waals surface area (Å²) in [6, 6.07) is 15.3. The summed E-state index contributed by atoms with van der Waals surface area (Å²) in [5.74, 6) is 0.0819. The fourth-order valence-corrected chi connectivity index (χ4v) is 22.0. The average molecular weight is 642 g/mol. The summed E-state index contributed by atoms with van der Waals surface area (Å²) in [6.07, 6.45) is 8.62. The Kier molecular flexibility index (Phi) is 12.0. The van der Waals surface area contributed by atoms with E-state index in [4.69, 9.17) is 16.6 Å². The van der Waals surface area contributed by atoms with E-state index in [0.717, 1.165) is 34.0 Å². The first-order chi connectivity index (χ1) is 18.4. The van der Waals surface area contributed by atoms with E-state index in [-0.39, 0.29) is 11.8 Å². The molecular formula is C33H47ClN2OSn. The van der Waals surface area contributed by atoms with Crippen LogP contribution in [0.2, 0.25) is 18.3 Å². The number of aromatic nitrogens is 1. The average Bonchev–Trinajstić information content (AvgIpc) is 2.95. The summed E-state index contributed by atoms with van der Waals surface area (Å²) in [5.41, 5.74) is 3.36. The normalized spacial score (nSPS) is 12.6. The molecule has 0 bridgehead atoms. The molecule has 3 nitrogen and oxygen atoms in total. The number of fused-ring (bicyclic) bond motifs is 1. The maximum atomic E-state index is 13.2. The number of nitrogens with zero attached hydrogens (tertiary/aromatic N) is 1. The summed E-state index contributed by atoms with van der Waals surface area (Å²) in [7, 11) is 1.69. The van der Waals surface area contributed by atoms with Gasteiger partial charge in [-0.25, -0.2) is 0 Å². The molecule has 0 aliphatic rings. The van der Waals surface area contributed by atoms with Crippen LogP contribution in [0.15, 0.2) is 42.5 Å². The molecule has 2 aromatic carbocycles. The van der Waals surface area contributed by atoms with Crippen LogP contribution < -0.4 is 8.90 Å². The minimum atomic E-state index is -2.69. The topological polar surface area (TPSA) is 42.0 Å². The third kappa shape index (κ3) is 6.75. The van der Waals surface area contributed by atoms with E-state index >= 15 is 0 Å². The van der Waals surface area contributed by atoms with Gasteiger partial charge in [-0.2, -0.15) is 0 Å². The number of nitrogens with one attached hydrogen (secondary N) is 1. The van der Waals surface area contributed by atoms with Gasteiger partial charge in [-0.05, 0) is 0 Å². The van der Waals surface area contributed by atoms with Gasteiger partial charge in [0.25, 0.3) is 0 Å². The molecule has 0 spiro atoms. The molecule has 1 N–H and O–H groups in total. The second-order valence-corrected chi connectivity index (χ2v) is 24.6. The van der Waals surface area contributed by atoms with E-state index in [1.165, 1.54) is 51.8 Å². The van der Waals surface area contributed by atoms with Crippen molar-refractivity contribution < 1.29 is 4.79 Å². The van der Waals surface area contributed by atoms with Crippen LogP contribution in [-0.2, 0) is 0 Å². The van der Waals surface area contributed by atoms with Crippen molar-refractivity contribution in [3.63, 3.8) is 0 Å². The Morgan fingerprint density at radius 3 is 2.03 bits per heavy atom. The Morgan fingerprint density at radius 2 is 1.50 bits per heavy atom. The van der Waals surface area contributed by atoms with E-state index in [1.807, 2.05) is 0 Å². The van der Waals surface area contributed by atoms with Gasteiger partial charge in [0.15, 0.2) is 0 Å². The van der Waals surface area contributed by atoms with Crippen LogP contribution in [0, 0.1) is 0 Å². The molecule has 38 heavy (non-hydrogen) atoms. The molecule has 5 heteroatoms. The van der Waals surface area contributed by atoms with Gasteiger partial charge in [0, 0.05) is 0 Å². The third-order valence-electron chi connectivity index (χ3n) is 8.36. The predicted molar refractivity (Wildman–Crippen MR) is 169 cm³/mol. The van der Waals surface area contributed by atoms with E-state index in [2.05, 4.69) is 82.4 Å². The van der Waals surface area contributed by atoms with Crippen molar-refractivity contribution in [2.75, 3.05) is 7.05 Å². The second-order valence-electron chi connectivity index (χ2n) is 10.9. The molecule has 206 valence electrons. The first-order valence-electron chi connectivity index (χ1n) is 14.8. The Morgan fingerprint density at radius 1 is 0.921 bits per heavy atom. The number of amides is 1. The van der Waals surface area contributed by atoms with Gasteiger partial charge in [0.1, 0.15) is 0 Å². The second kappa shape index (κ2) is 14.7. The SMILES string of the molecule is CCC[CH2][Sn]([CH2]CCC)([CH2]CCC)[c]1ccc(Cl)c(-c2nc(C(=O)NC)c([C@@H](C)CC)c3ccccc23)c1. The summed E-state index contributed by atoms with van der Waals surface area (Å²) >= 11 is 4.28. The number of halogens is 1. The van der Waals surface area contributed by atoms with E-state index in [0.29, 0.717) is 10.7 Å². The number of carbonyl (C=O) groups excluding carboxylic acids is 1. The summed E-state index contributed by atoms with van der Waals surface area (Å²) in [5, 5.41) is 5.73. The fraction of sp³-hybridized carbons (Fsp3) is 0.515. The zero-order chi connectivity index (χ0) is 27.7. The summed E-state index contributed by atoms with van der Waals surface area (Å²) < 4.78 is 5.78. The minimum absolute atomic E-state index is 0.137. The van der Waals surface area contributed by atoms with Crippen LogP contribution in [0.1, 0.15) is 102 Å². The molecule has 0 aliphatic heterocycles. The Labute approximate surface area is 240 Å². The number of pyridine rings is 1. The number of rotatable bonds is 14. The van der Waals surface area contributed by atoms with Crippen LogP contribution in [0.25, 0.3) is 22.0 Å². The molecule has 0 saturated heterocycles. The van der Waals surface area contributed by atoms with Gasteiger partial charge in [0.05, 0.1) is 0 Å². The molecule has 1 atom stereocenters. The predicted octanol–water partition coefficient (Wildman–Crippen LogP) is 9.48. The Hall–Kier alpha value is -1.59. The number of hydrogen-bond donors (Lipinski definition) is 1. The third-order valence-corrected chi connectivity index (χ3v) is 24.3.